The van der Waals surface area contributed by atoms with E-state index in [2.05, 4.69) is 55.5 Å². The van der Waals surface area contributed by atoms with E-state index in [0.717, 1.165) is 28.4 Å². The van der Waals surface area contributed by atoms with Gasteiger partial charge in [0.15, 0.2) is 0 Å². The Morgan fingerprint density at radius 2 is 2.04 bits per heavy atom. The average molecular weight is 450 g/mol. The lowest BCUT2D eigenvalue weighted by Crippen LogP contribution is -1.98. The van der Waals surface area contributed by atoms with E-state index in [4.69, 9.17) is 16.3 Å². The lowest BCUT2D eigenvalue weighted by molar-refractivity contribution is 0.398. The first kappa shape index (κ1) is 15.7. The van der Waals surface area contributed by atoms with Crippen molar-refractivity contribution in [2.75, 3.05) is 7.11 Å². The summed E-state index contributed by atoms with van der Waals surface area (Å²) in [6.07, 6.45) is 5.66. The minimum atomic E-state index is 0.629. The molecule has 4 aromatic rings. The fourth-order valence-corrected chi connectivity index (χ4v) is 3.75. The molecule has 0 amide bonds. The van der Waals surface area contributed by atoms with Gasteiger partial charge in [-0.1, -0.05) is 17.7 Å². The molecule has 0 bridgehead atoms. The second kappa shape index (κ2) is 6.22. The van der Waals surface area contributed by atoms with Crippen molar-refractivity contribution in [1.82, 2.24) is 14.5 Å². The zero-order valence-electron chi connectivity index (χ0n) is 12.8. The molecule has 6 heteroatoms. The molecule has 1 aromatic carbocycles. The number of benzene rings is 1. The minimum absolute atomic E-state index is 0.629. The third-order valence-electron chi connectivity index (χ3n) is 3.97. The van der Waals surface area contributed by atoms with Gasteiger partial charge in [0.2, 0.25) is 5.88 Å². The van der Waals surface area contributed by atoms with Crippen LogP contribution in [0.5, 0.6) is 5.88 Å². The van der Waals surface area contributed by atoms with Crippen LogP contribution in [0.4, 0.5) is 0 Å². The van der Waals surface area contributed by atoms with Crippen LogP contribution in [-0.2, 0) is 6.54 Å². The van der Waals surface area contributed by atoms with Crippen molar-refractivity contribution in [2.45, 2.75) is 6.54 Å². The molecule has 0 spiro atoms. The van der Waals surface area contributed by atoms with Crippen molar-refractivity contribution >= 4 is 56.0 Å². The smallest absolute Gasteiger partial charge is 0.213 e. The highest BCUT2D eigenvalue weighted by Gasteiger charge is 2.09. The maximum absolute atomic E-state index is 6.05. The quantitative estimate of drug-likeness (QED) is 0.418. The predicted octanol–water partition coefficient (Wildman–Crippen LogP) is 4.90. The molecule has 120 valence electrons. The molecule has 0 radical (unpaired) electrons. The first-order chi connectivity index (χ1) is 11.6. The number of hydrogen-bond donors (Lipinski definition) is 0. The van der Waals surface area contributed by atoms with Gasteiger partial charge >= 0.3 is 0 Å². The highest BCUT2D eigenvalue weighted by molar-refractivity contribution is 14.1. The number of rotatable bonds is 3. The molecular weight excluding hydrogens is 437 g/mol. The fraction of sp³-hybridized carbons (Fsp3) is 0.111. The van der Waals surface area contributed by atoms with Crippen LogP contribution < -0.4 is 4.74 Å². The third-order valence-corrected chi connectivity index (χ3v) is 5.03. The van der Waals surface area contributed by atoms with E-state index in [1.165, 1.54) is 9.13 Å². The Morgan fingerprint density at radius 3 is 2.88 bits per heavy atom. The fourth-order valence-electron chi connectivity index (χ4n) is 2.82. The summed E-state index contributed by atoms with van der Waals surface area (Å²) in [7, 11) is 1.63. The van der Waals surface area contributed by atoms with Crippen LogP contribution in [0, 0.1) is 3.57 Å². The van der Waals surface area contributed by atoms with Crippen LogP contribution in [0.2, 0.25) is 5.02 Å². The van der Waals surface area contributed by atoms with E-state index >= 15 is 0 Å². The zero-order valence-corrected chi connectivity index (χ0v) is 15.7. The molecule has 0 unspecified atom stereocenters. The van der Waals surface area contributed by atoms with Gasteiger partial charge in [-0.3, -0.25) is 4.98 Å². The molecule has 0 saturated carbocycles. The van der Waals surface area contributed by atoms with Crippen LogP contribution in [0.25, 0.3) is 21.8 Å². The Morgan fingerprint density at radius 1 is 1.17 bits per heavy atom. The second-order valence-corrected chi connectivity index (χ2v) is 7.13. The predicted molar refractivity (Wildman–Crippen MR) is 105 cm³/mol. The molecule has 0 fully saturated rings. The Bertz CT molecular complexity index is 1060. The molecular formula is C18H13ClIN3O. The van der Waals surface area contributed by atoms with Crippen LogP contribution in [-0.4, -0.2) is 21.6 Å². The molecule has 3 heterocycles. The molecule has 0 aliphatic rings. The van der Waals surface area contributed by atoms with E-state index in [1.807, 2.05) is 24.4 Å². The van der Waals surface area contributed by atoms with Crippen molar-refractivity contribution in [2.24, 2.45) is 0 Å². The molecule has 24 heavy (non-hydrogen) atoms. The molecule has 0 saturated heterocycles. The van der Waals surface area contributed by atoms with Gasteiger partial charge in [0, 0.05) is 39.3 Å². The van der Waals surface area contributed by atoms with Gasteiger partial charge in [-0.05, 0) is 46.4 Å². The second-order valence-electron chi connectivity index (χ2n) is 5.53. The summed E-state index contributed by atoms with van der Waals surface area (Å²) >= 11 is 8.39. The Labute approximate surface area is 157 Å². The zero-order chi connectivity index (χ0) is 16.7. The molecule has 3 aromatic heterocycles. The molecule has 0 N–H and O–H groups in total. The molecule has 4 rings (SSSR count). The van der Waals surface area contributed by atoms with Gasteiger partial charge in [0.05, 0.1) is 29.4 Å². The molecule has 0 aliphatic carbocycles. The molecule has 4 nitrogen and oxygen atoms in total. The van der Waals surface area contributed by atoms with Gasteiger partial charge in [-0.2, -0.15) is 0 Å². The Balaban J connectivity index is 1.76. The Kier molecular flexibility index (Phi) is 4.05. The van der Waals surface area contributed by atoms with E-state index in [9.17, 15) is 0 Å². The first-order valence-electron chi connectivity index (χ1n) is 7.36. The van der Waals surface area contributed by atoms with Gasteiger partial charge < -0.3 is 9.30 Å². The largest absolute Gasteiger partial charge is 0.481 e. The van der Waals surface area contributed by atoms with Crippen molar-refractivity contribution in [1.29, 1.82) is 0 Å². The topological polar surface area (TPSA) is 39.9 Å². The summed E-state index contributed by atoms with van der Waals surface area (Å²) in [4.78, 5) is 8.67. The number of hydrogen-bond acceptors (Lipinski definition) is 3. The summed E-state index contributed by atoms with van der Waals surface area (Å²) in [5.74, 6) is 0.629. The highest BCUT2D eigenvalue weighted by Crippen LogP contribution is 2.27. The van der Waals surface area contributed by atoms with Crippen LogP contribution in [0.15, 0.2) is 48.9 Å². The van der Waals surface area contributed by atoms with Crippen LogP contribution in [0.1, 0.15) is 5.56 Å². The number of methoxy groups -OCH3 is 1. The van der Waals surface area contributed by atoms with Crippen molar-refractivity contribution in [3.05, 3.63) is 63.1 Å². The van der Waals surface area contributed by atoms with Crippen LogP contribution in [0.3, 0.4) is 0 Å². The summed E-state index contributed by atoms with van der Waals surface area (Å²) in [5, 5.41) is 2.84. The number of fused-ring (bicyclic) bond motifs is 2. The number of halogens is 2. The lowest BCUT2D eigenvalue weighted by Gasteiger charge is -2.07. The van der Waals surface area contributed by atoms with E-state index in [-0.39, 0.29) is 0 Å². The van der Waals surface area contributed by atoms with Crippen LogP contribution >= 0.6 is 34.2 Å². The summed E-state index contributed by atoms with van der Waals surface area (Å²) < 4.78 is 8.59. The summed E-state index contributed by atoms with van der Waals surface area (Å²) in [6.45, 7) is 0.760. The summed E-state index contributed by atoms with van der Waals surface area (Å²) in [5.41, 5.74) is 3.22. The number of nitrogens with zero attached hydrogens (tertiary/aromatic N) is 3. The maximum atomic E-state index is 6.05. The average Bonchev–Trinajstić information content (AvgIpc) is 2.90. The molecule has 0 aliphatic heterocycles. The van der Waals surface area contributed by atoms with Crippen molar-refractivity contribution < 1.29 is 4.74 Å². The van der Waals surface area contributed by atoms with Gasteiger partial charge in [-0.15, -0.1) is 0 Å². The number of aromatic nitrogens is 3. The standard InChI is InChI=1S/C18H13ClIN3O/c1-24-18-6-14-15(20)10-23(17(14)8-22-18)9-11-2-3-16-12(4-11)5-13(19)7-21-16/h2-8,10H,9H2,1H3. The summed E-state index contributed by atoms with van der Waals surface area (Å²) in [6, 6.07) is 10.2. The van der Waals surface area contributed by atoms with Crippen molar-refractivity contribution in [3.8, 4) is 5.88 Å². The third kappa shape index (κ3) is 2.82. The SMILES string of the molecule is COc1cc2c(I)cn(Cc3ccc4ncc(Cl)cc4c3)c2cn1. The maximum Gasteiger partial charge on any atom is 0.213 e. The number of ether oxygens (including phenoxy) is 1. The monoisotopic (exact) mass is 449 g/mol. The minimum Gasteiger partial charge on any atom is -0.481 e. The normalized spacial score (nSPS) is 11.3. The van der Waals surface area contributed by atoms with E-state index in [0.29, 0.717) is 10.9 Å². The van der Waals surface area contributed by atoms with E-state index < -0.39 is 0 Å². The van der Waals surface area contributed by atoms with Gasteiger partial charge in [0.25, 0.3) is 0 Å². The first-order valence-corrected chi connectivity index (χ1v) is 8.82. The number of pyridine rings is 2. The van der Waals surface area contributed by atoms with Gasteiger partial charge in [-0.25, -0.2) is 4.98 Å². The van der Waals surface area contributed by atoms with Crippen molar-refractivity contribution in [3.63, 3.8) is 0 Å². The lowest BCUT2D eigenvalue weighted by atomic mass is 10.1. The molecule has 0 atom stereocenters. The highest BCUT2D eigenvalue weighted by atomic mass is 127. The van der Waals surface area contributed by atoms with Gasteiger partial charge in [0.1, 0.15) is 0 Å². The Hall–Kier alpha value is -1.86. The van der Waals surface area contributed by atoms with E-state index in [1.54, 1.807) is 13.3 Å².